The molecule has 4 rings (SSSR count). The van der Waals surface area contributed by atoms with Crippen molar-refractivity contribution in [1.82, 2.24) is 4.98 Å². The molecule has 1 saturated heterocycles. The fraction of sp³-hybridized carbons (Fsp3) is 0.227. The number of hydrogen-bond acceptors (Lipinski definition) is 5. The number of amides is 1. The Morgan fingerprint density at radius 3 is 2.79 bits per heavy atom. The molecule has 6 heteroatoms. The van der Waals surface area contributed by atoms with Gasteiger partial charge in [-0.3, -0.25) is 4.79 Å². The Balaban J connectivity index is 1.66. The number of nitriles is 1. The fourth-order valence-electron chi connectivity index (χ4n) is 3.42. The van der Waals surface area contributed by atoms with Gasteiger partial charge in [0, 0.05) is 30.2 Å². The van der Waals surface area contributed by atoms with Crippen molar-refractivity contribution in [3.63, 3.8) is 0 Å². The van der Waals surface area contributed by atoms with Gasteiger partial charge in [0.05, 0.1) is 11.1 Å². The minimum absolute atomic E-state index is 0.0366. The number of nitrogens with one attached hydrogen (secondary N) is 1. The highest BCUT2D eigenvalue weighted by Gasteiger charge is 2.22. The van der Waals surface area contributed by atoms with Crippen LogP contribution in [-0.4, -0.2) is 30.6 Å². The van der Waals surface area contributed by atoms with Gasteiger partial charge in [-0.25, -0.2) is 4.98 Å². The van der Waals surface area contributed by atoms with Gasteiger partial charge >= 0.3 is 0 Å². The van der Waals surface area contributed by atoms with Gasteiger partial charge in [0.15, 0.2) is 6.61 Å². The molecular weight excluding hydrogens is 352 g/mol. The molecule has 1 N–H and O–H groups in total. The van der Waals surface area contributed by atoms with Gasteiger partial charge in [-0.1, -0.05) is 24.3 Å². The predicted molar refractivity (Wildman–Crippen MR) is 109 cm³/mol. The van der Waals surface area contributed by atoms with Crippen molar-refractivity contribution in [3.8, 4) is 11.8 Å². The first-order valence-electron chi connectivity index (χ1n) is 9.30. The smallest absolute Gasteiger partial charge is 0.259 e. The number of benzene rings is 2. The van der Waals surface area contributed by atoms with E-state index in [1.165, 1.54) is 0 Å². The molecule has 1 aliphatic heterocycles. The maximum absolute atomic E-state index is 13.1. The van der Waals surface area contributed by atoms with Gasteiger partial charge in [-0.15, -0.1) is 0 Å². The van der Waals surface area contributed by atoms with Gasteiger partial charge in [-0.2, -0.15) is 5.26 Å². The van der Waals surface area contributed by atoms with E-state index in [4.69, 9.17) is 15.0 Å². The molecular formula is C22H20N4O2. The van der Waals surface area contributed by atoms with Crippen molar-refractivity contribution in [1.29, 1.82) is 5.26 Å². The average molecular weight is 372 g/mol. The molecule has 1 amide bonds. The summed E-state index contributed by atoms with van der Waals surface area (Å²) >= 11 is 0. The van der Waals surface area contributed by atoms with Crippen LogP contribution < -0.4 is 15.0 Å². The number of pyridine rings is 1. The summed E-state index contributed by atoms with van der Waals surface area (Å²) in [5.74, 6) is 1.05. The van der Waals surface area contributed by atoms with E-state index in [0.717, 1.165) is 42.7 Å². The largest absolute Gasteiger partial charge is 0.479 e. The number of carbonyl (C=O) groups excluding carboxylic acids is 1. The highest BCUT2D eigenvalue weighted by Crippen LogP contribution is 2.28. The van der Waals surface area contributed by atoms with Crippen LogP contribution in [0.15, 0.2) is 54.6 Å². The zero-order chi connectivity index (χ0) is 19.3. The van der Waals surface area contributed by atoms with Crippen molar-refractivity contribution in [3.05, 3.63) is 60.2 Å². The van der Waals surface area contributed by atoms with E-state index in [1.807, 2.05) is 36.4 Å². The Morgan fingerprint density at radius 2 is 1.96 bits per heavy atom. The first kappa shape index (κ1) is 17.8. The minimum atomic E-state index is -0.211. The van der Waals surface area contributed by atoms with Crippen LogP contribution in [0.3, 0.4) is 0 Å². The number of anilines is 2. The molecule has 3 aromatic rings. The molecule has 0 radical (unpaired) electrons. The van der Waals surface area contributed by atoms with Crippen LogP contribution in [0.2, 0.25) is 0 Å². The Hall–Kier alpha value is -3.59. The quantitative estimate of drug-likeness (QED) is 0.733. The summed E-state index contributed by atoms with van der Waals surface area (Å²) in [4.78, 5) is 20.0. The molecule has 28 heavy (non-hydrogen) atoms. The Morgan fingerprint density at radius 1 is 1.14 bits per heavy atom. The third-order valence-corrected chi connectivity index (χ3v) is 4.75. The van der Waals surface area contributed by atoms with E-state index >= 15 is 0 Å². The molecule has 0 atom stereocenters. The average Bonchev–Trinajstić information content (AvgIpc) is 3.26. The van der Waals surface area contributed by atoms with Crippen LogP contribution in [-0.2, 0) is 0 Å². The number of carbonyl (C=O) groups is 1. The minimum Gasteiger partial charge on any atom is -0.479 e. The Bertz CT molecular complexity index is 1050. The highest BCUT2D eigenvalue weighted by atomic mass is 16.5. The molecule has 1 aliphatic rings. The lowest BCUT2D eigenvalue weighted by atomic mass is 10.1. The molecule has 0 bridgehead atoms. The number of para-hydroxylation sites is 1. The van der Waals surface area contributed by atoms with Crippen LogP contribution in [0.25, 0.3) is 10.9 Å². The van der Waals surface area contributed by atoms with Crippen molar-refractivity contribution in [2.75, 3.05) is 29.9 Å². The summed E-state index contributed by atoms with van der Waals surface area (Å²) in [7, 11) is 0. The summed E-state index contributed by atoms with van der Waals surface area (Å²) in [5.41, 5.74) is 2.05. The second kappa shape index (κ2) is 7.97. The van der Waals surface area contributed by atoms with Crippen LogP contribution in [0.4, 0.5) is 11.5 Å². The lowest BCUT2D eigenvalue weighted by Crippen LogP contribution is -2.24. The van der Waals surface area contributed by atoms with E-state index in [1.54, 1.807) is 24.3 Å². The fourth-order valence-corrected chi connectivity index (χ4v) is 3.42. The van der Waals surface area contributed by atoms with Gasteiger partial charge in [-0.05, 0) is 37.1 Å². The molecule has 2 aromatic carbocycles. The Kier molecular flexibility index (Phi) is 5.07. The standard InChI is InChI=1S/C22H20N4O2/c23-10-13-28-18-8-5-7-17(15-18)24-22(27)19-14-16-6-1-2-9-20(16)25-21(19)26-11-3-4-12-26/h1-2,5-9,14-15H,3-4,11-13H2,(H,24,27). The lowest BCUT2D eigenvalue weighted by Gasteiger charge is -2.20. The molecule has 6 nitrogen and oxygen atoms in total. The van der Waals surface area contributed by atoms with Crippen LogP contribution in [0.1, 0.15) is 23.2 Å². The van der Waals surface area contributed by atoms with Crippen LogP contribution in [0, 0.1) is 11.3 Å². The van der Waals surface area contributed by atoms with Crippen molar-refractivity contribution in [2.24, 2.45) is 0 Å². The van der Waals surface area contributed by atoms with Crippen molar-refractivity contribution in [2.45, 2.75) is 12.8 Å². The van der Waals surface area contributed by atoms with Gasteiger partial charge in [0.25, 0.3) is 5.91 Å². The second-order valence-corrected chi connectivity index (χ2v) is 6.68. The molecule has 0 aliphatic carbocycles. The summed E-state index contributed by atoms with van der Waals surface area (Å²) in [5, 5.41) is 12.5. The van der Waals surface area contributed by atoms with Gasteiger partial charge in [0.1, 0.15) is 17.6 Å². The summed E-state index contributed by atoms with van der Waals surface area (Å²) < 4.78 is 5.31. The van der Waals surface area contributed by atoms with Crippen LogP contribution in [0.5, 0.6) is 5.75 Å². The molecule has 1 aromatic heterocycles. The number of aromatic nitrogens is 1. The summed E-state index contributed by atoms with van der Waals surface area (Å²) in [6, 6.07) is 18.7. The number of ether oxygens (including phenoxy) is 1. The number of nitrogens with zero attached hydrogens (tertiary/aromatic N) is 3. The summed E-state index contributed by atoms with van der Waals surface area (Å²) in [6.45, 7) is 1.78. The maximum Gasteiger partial charge on any atom is 0.259 e. The van der Waals surface area contributed by atoms with Crippen molar-refractivity contribution < 1.29 is 9.53 Å². The first-order valence-corrected chi connectivity index (χ1v) is 9.30. The van der Waals surface area contributed by atoms with E-state index in [-0.39, 0.29) is 12.5 Å². The summed E-state index contributed by atoms with van der Waals surface area (Å²) in [6.07, 6.45) is 2.21. The zero-order valence-electron chi connectivity index (χ0n) is 15.4. The van der Waals surface area contributed by atoms with E-state index in [9.17, 15) is 4.79 Å². The first-order chi connectivity index (χ1) is 13.7. The van der Waals surface area contributed by atoms with Crippen LogP contribution >= 0.6 is 0 Å². The monoisotopic (exact) mass is 372 g/mol. The third kappa shape index (κ3) is 3.74. The van der Waals surface area contributed by atoms with Crippen molar-refractivity contribution >= 4 is 28.3 Å². The zero-order valence-corrected chi connectivity index (χ0v) is 15.4. The van der Waals surface area contributed by atoms with Gasteiger partial charge < -0.3 is 15.0 Å². The highest BCUT2D eigenvalue weighted by molar-refractivity contribution is 6.09. The normalized spacial score (nSPS) is 13.3. The van der Waals surface area contributed by atoms with E-state index in [0.29, 0.717) is 17.0 Å². The molecule has 0 unspecified atom stereocenters. The maximum atomic E-state index is 13.1. The molecule has 0 spiro atoms. The predicted octanol–water partition coefficient (Wildman–Crippen LogP) is 3.99. The second-order valence-electron chi connectivity index (χ2n) is 6.68. The number of fused-ring (bicyclic) bond motifs is 1. The van der Waals surface area contributed by atoms with E-state index < -0.39 is 0 Å². The van der Waals surface area contributed by atoms with E-state index in [2.05, 4.69) is 10.2 Å². The number of rotatable bonds is 5. The number of hydrogen-bond donors (Lipinski definition) is 1. The molecule has 2 heterocycles. The molecule has 1 fully saturated rings. The lowest BCUT2D eigenvalue weighted by molar-refractivity contribution is 0.102. The third-order valence-electron chi connectivity index (χ3n) is 4.75. The Labute approximate surface area is 163 Å². The van der Waals surface area contributed by atoms with Gasteiger partial charge in [0.2, 0.25) is 0 Å². The topological polar surface area (TPSA) is 78.2 Å². The SMILES string of the molecule is N#CCOc1cccc(NC(=O)c2cc3ccccc3nc2N2CCCC2)c1. The molecule has 0 saturated carbocycles. The molecule has 140 valence electrons.